The lowest BCUT2D eigenvalue weighted by Gasteiger charge is -2.26. The molecular formula is C12H19NO3. The van der Waals surface area contributed by atoms with Crippen molar-refractivity contribution in [3.8, 4) is 5.75 Å². The molecule has 0 amide bonds. The molecule has 0 fully saturated rings. The van der Waals surface area contributed by atoms with E-state index in [9.17, 15) is 5.11 Å². The minimum Gasteiger partial charge on any atom is -0.439 e. The summed E-state index contributed by atoms with van der Waals surface area (Å²) >= 11 is 0. The quantitative estimate of drug-likeness (QED) is 0.576. The SMILES string of the molecule is C=CCOC(O)(CC)Oc1ccccc1.N. The highest BCUT2D eigenvalue weighted by Crippen LogP contribution is 2.19. The van der Waals surface area contributed by atoms with Crippen molar-refractivity contribution in [1.82, 2.24) is 6.15 Å². The molecule has 0 aliphatic rings. The molecular weight excluding hydrogens is 206 g/mol. The summed E-state index contributed by atoms with van der Waals surface area (Å²) in [5.41, 5.74) is 0. The first-order valence-electron chi connectivity index (χ1n) is 4.91. The van der Waals surface area contributed by atoms with Crippen molar-refractivity contribution >= 4 is 0 Å². The molecule has 1 aromatic carbocycles. The van der Waals surface area contributed by atoms with Crippen LogP contribution in [0.15, 0.2) is 43.0 Å². The van der Waals surface area contributed by atoms with E-state index < -0.39 is 5.97 Å². The lowest BCUT2D eigenvalue weighted by molar-refractivity contribution is -0.316. The van der Waals surface area contributed by atoms with Gasteiger partial charge in [0.25, 0.3) is 0 Å². The zero-order valence-corrected chi connectivity index (χ0v) is 9.56. The van der Waals surface area contributed by atoms with Gasteiger partial charge in [-0.05, 0) is 12.1 Å². The maximum absolute atomic E-state index is 9.91. The molecule has 0 bridgehead atoms. The third kappa shape index (κ3) is 4.44. The van der Waals surface area contributed by atoms with Crippen LogP contribution in [-0.4, -0.2) is 17.7 Å². The van der Waals surface area contributed by atoms with Crippen molar-refractivity contribution in [2.75, 3.05) is 6.61 Å². The van der Waals surface area contributed by atoms with Crippen molar-refractivity contribution in [3.05, 3.63) is 43.0 Å². The first-order valence-corrected chi connectivity index (χ1v) is 4.91. The fourth-order valence-corrected chi connectivity index (χ4v) is 1.07. The molecule has 0 saturated carbocycles. The summed E-state index contributed by atoms with van der Waals surface area (Å²) < 4.78 is 10.5. The van der Waals surface area contributed by atoms with Crippen molar-refractivity contribution in [3.63, 3.8) is 0 Å². The number of ether oxygens (including phenoxy) is 2. The van der Waals surface area contributed by atoms with Crippen LogP contribution in [0.4, 0.5) is 0 Å². The molecule has 90 valence electrons. The normalized spacial score (nSPS) is 13.4. The predicted molar refractivity (Wildman–Crippen MR) is 63.5 cm³/mol. The first-order chi connectivity index (χ1) is 7.20. The van der Waals surface area contributed by atoms with Gasteiger partial charge in [0.2, 0.25) is 0 Å². The summed E-state index contributed by atoms with van der Waals surface area (Å²) in [4.78, 5) is 0. The summed E-state index contributed by atoms with van der Waals surface area (Å²) in [7, 11) is 0. The van der Waals surface area contributed by atoms with E-state index in [4.69, 9.17) is 9.47 Å². The maximum Gasteiger partial charge on any atom is 0.324 e. The Kier molecular flexibility index (Phi) is 6.41. The zero-order chi connectivity index (χ0) is 11.1. The minimum absolute atomic E-state index is 0. The van der Waals surface area contributed by atoms with Crippen LogP contribution in [0.5, 0.6) is 5.75 Å². The van der Waals surface area contributed by atoms with Gasteiger partial charge in [-0.2, -0.15) is 0 Å². The summed E-state index contributed by atoms with van der Waals surface area (Å²) in [5.74, 6) is -0.999. The van der Waals surface area contributed by atoms with Crippen LogP contribution in [0.1, 0.15) is 13.3 Å². The number of aliphatic hydroxyl groups is 1. The molecule has 0 aliphatic carbocycles. The highest BCUT2D eigenvalue weighted by molar-refractivity contribution is 5.21. The predicted octanol–water partition coefficient (Wildman–Crippen LogP) is 2.49. The molecule has 0 spiro atoms. The number of hydrogen-bond acceptors (Lipinski definition) is 4. The van der Waals surface area contributed by atoms with E-state index >= 15 is 0 Å². The Labute approximate surface area is 96.1 Å². The van der Waals surface area contributed by atoms with E-state index in [1.807, 2.05) is 18.2 Å². The summed E-state index contributed by atoms with van der Waals surface area (Å²) in [6.45, 7) is 5.54. The van der Waals surface area contributed by atoms with Gasteiger partial charge < -0.3 is 20.7 Å². The van der Waals surface area contributed by atoms with Gasteiger partial charge in [0, 0.05) is 6.42 Å². The van der Waals surface area contributed by atoms with Crippen LogP contribution in [0.3, 0.4) is 0 Å². The molecule has 4 nitrogen and oxygen atoms in total. The number of hydrogen-bond donors (Lipinski definition) is 2. The van der Waals surface area contributed by atoms with E-state index in [0.717, 1.165) is 0 Å². The van der Waals surface area contributed by atoms with E-state index in [0.29, 0.717) is 12.2 Å². The molecule has 16 heavy (non-hydrogen) atoms. The lowest BCUT2D eigenvalue weighted by Crippen LogP contribution is -2.38. The van der Waals surface area contributed by atoms with Crippen molar-refractivity contribution < 1.29 is 14.6 Å². The van der Waals surface area contributed by atoms with Gasteiger partial charge >= 0.3 is 5.97 Å². The lowest BCUT2D eigenvalue weighted by atomic mass is 10.3. The topological polar surface area (TPSA) is 73.7 Å². The molecule has 0 aromatic heterocycles. The van der Waals surface area contributed by atoms with Gasteiger partial charge in [0.1, 0.15) is 5.75 Å². The molecule has 0 radical (unpaired) electrons. The van der Waals surface area contributed by atoms with Gasteiger partial charge in [-0.15, -0.1) is 6.58 Å². The van der Waals surface area contributed by atoms with Crippen LogP contribution in [0.2, 0.25) is 0 Å². The van der Waals surface area contributed by atoms with E-state index in [2.05, 4.69) is 6.58 Å². The molecule has 0 saturated heterocycles. The largest absolute Gasteiger partial charge is 0.439 e. The fraction of sp³-hybridized carbons (Fsp3) is 0.333. The molecule has 0 heterocycles. The summed E-state index contributed by atoms with van der Waals surface area (Å²) in [5, 5.41) is 9.91. The summed E-state index contributed by atoms with van der Waals surface area (Å²) in [6.07, 6.45) is 1.91. The Hall–Kier alpha value is -1.36. The highest BCUT2D eigenvalue weighted by atomic mass is 16.8. The number of rotatable bonds is 6. The second kappa shape index (κ2) is 7.00. The Balaban J connectivity index is 0.00000225. The monoisotopic (exact) mass is 225 g/mol. The van der Waals surface area contributed by atoms with Crippen LogP contribution in [0, 0.1) is 0 Å². The molecule has 1 rings (SSSR count). The fourth-order valence-electron chi connectivity index (χ4n) is 1.07. The van der Waals surface area contributed by atoms with Crippen LogP contribution in [-0.2, 0) is 4.74 Å². The average molecular weight is 225 g/mol. The molecule has 1 atom stereocenters. The van der Waals surface area contributed by atoms with E-state index in [1.54, 1.807) is 25.1 Å². The van der Waals surface area contributed by atoms with Crippen molar-refractivity contribution in [2.45, 2.75) is 19.3 Å². The second-order valence-electron chi connectivity index (χ2n) is 3.08. The Morgan fingerprint density at radius 1 is 1.38 bits per heavy atom. The summed E-state index contributed by atoms with van der Waals surface area (Å²) in [6, 6.07) is 9.07. The highest BCUT2D eigenvalue weighted by Gasteiger charge is 2.27. The van der Waals surface area contributed by atoms with Crippen LogP contribution >= 0.6 is 0 Å². The standard InChI is InChI=1S/C12H16O3.H3N/c1-3-10-14-12(13,4-2)15-11-8-6-5-7-9-11;/h3,5-9,13H,1,4,10H2,2H3;1H3. The maximum atomic E-state index is 9.91. The van der Waals surface area contributed by atoms with E-state index in [-0.39, 0.29) is 12.8 Å². The van der Waals surface area contributed by atoms with Crippen molar-refractivity contribution in [1.29, 1.82) is 0 Å². The average Bonchev–Trinajstić information content (AvgIpc) is 2.28. The minimum atomic E-state index is -1.57. The third-order valence-electron chi connectivity index (χ3n) is 1.89. The molecule has 4 N–H and O–H groups in total. The second-order valence-corrected chi connectivity index (χ2v) is 3.08. The van der Waals surface area contributed by atoms with E-state index in [1.165, 1.54) is 0 Å². The Morgan fingerprint density at radius 3 is 2.50 bits per heavy atom. The van der Waals surface area contributed by atoms with Gasteiger partial charge in [-0.3, -0.25) is 0 Å². The van der Waals surface area contributed by atoms with Gasteiger partial charge in [0.15, 0.2) is 0 Å². The smallest absolute Gasteiger partial charge is 0.324 e. The molecule has 1 aromatic rings. The number of benzene rings is 1. The zero-order valence-electron chi connectivity index (χ0n) is 9.56. The molecule has 4 heteroatoms. The first kappa shape index (κ1) is 14.6. The van der Waals surface area contributed by atoms with Gasteiger partial charge in [0.05, 0.1) is 6.61 Å². The Bertz CT molecular complexity index is 302. The Morgan fingerprint density at radius 2 is 2.00 bits per heavy atom. The van der Waals surface area contributed by atoms with Crippen LogP contribution < -0.4 is 10.9 Å². The molecule has 0 aliphatic heterocycles. The molecule has 1 unspecified atom stereocenters. The van der Waals surface area contributed by atoms with Gasteiger partial charge in [-0.1, -0.05) is 31.2 Å². The van der Waals surface area contributed by atoms with Gasteiger partial charge in [-0.25, -0.2) is 0 Å². The number of para-hydroxylation sites is 1. The van der Waals surface area contributed by atoms with Crippen LogP contribution in [0.25, 0.3) is 0 Å². The third-order valence-corrected chi connectivity index (χ3v) is 1.89. The van der Waals surface area contributed by atoms with Crippen molar-refractivity contribution in [2.24, 2.45) is 0 Å².